The zero-order valence-corrected chi connectivity index (χ0v) is 12.6. The topological polar surface area (TPSA) is 102 Å². The van der Waals surface area contributed by atoms with Crippen molar-refractivity contribution in [3.05, 3.63) is 0 Å². The molecule has 0 aromatic heterocycles. The van der Waals surface area contributed by atoms with Crippen LogP contribution in [0.5, 0.6) is 0 Å². The number of aliphatic carboxylic acids is 1. The van der Waals surface area contributed by atoms with Crippen LogP contribution in [0, 0.1) is 0 Å². The minimum absolute atomic E-state index is 0.148. The van der Waals surface area contributed by atoms with Crippen molar-refractivity contribution in [2.24, 2.45) is 0 Å². The Morgan fingerprint density at radius 1 is 1.19 bits per heavy atom. The van der Waals surface area contributed by atoms with Gasteiger partial charge in [0.25, 0.3) is 0 Å². The number of urea groups is 1. The van der Waals surface area contributed by atoms with Crippen molar-refractivity contribution < 1.29 is 19.5 Å². The van der Waals surface area contributed by atoms with Gasteiger partial charge in [-0.3, -0.25) is 24.7 Å². The first-order chi connectivity index (χ1) is 9.93. The zero-order valence-electron chi connectivity index (χ0n) is 12.6. The van der Waals surface area contributed by atoms with Crippen LogP contribution in [0.1, 0.15) is 20.3 Å². The number of nitrogens with one attached hydrogen (secondary N) is 2. The maximum atomic E-state index is 11.7. The van der Waals surface area contributed by atoms with E-state index in [0.717, 1.165) is 6.42 Å². The largest absolute Gasteiger partial charge is 0.480 e. The molecule has 8 nitrogen and oxygen atoms in total. The Balaban J connectivity index is 2.27. The van der Waals surface area contributed by atoms with Gasteiger partial charge in [-0.25, -0.2) is 4.79 Å². The van der Waals surface area contributed by atoms with Crippen molar-refractivity contribution in [3.63, 3.8) is 0 Å². The van der Waals surface area contributed by atoms with Crippen LogP contribution in [0.15, 0.2) is 0 Å². The van der Waals surface area contributed by atoms with E-state index in [1.165, 1.54) is 0 Å². The van der Waals surface area contributed by atoms with Crippen LogP contribution >= 0.6 is 0 Å². The highest BCUT2D eigenvalue weighted by atomic mass is 16.4. The Bertz CT molecular complexity index is 380. The van der Waals surface area contributed by atoms with Gasteiger partial charge >= 0.3 is 12.0 Å². The van der Waals surface area contributed by atoms with Crippen molar-refractivity contribution in [2.75, 3.05) is 39.3 Å². The minimum Gasteiger partial charge on any atom is -0.480 e. The number of carboxylic acid groups (broad SMARTS) is 1. The number of piperazine rings is 1. The van der Waals surface area contributed by atoms with E-state index >= 15 is 0 Å². The second kappa shape index (κ2) is 8.58. The van der Waals surface area contributed by atoms with E-state index in [1.807, 2.05) is 16.7 Å². The molecule has 8 heteroatoms. The van der Waals surface area contributed by atoms with Gasteiger partial charge in [0.1, 0.15) is 6.04 Å². The van der Waals surface area contributed by atoms with Crippen LogP contribution in [0.3, 0.4) is 0 Å². The van der Waals surface area contributed by atoms with Gasteiger partial charge in [-0.2, -0.15) is 0 Å². The highest BCUT2D eigenvalue weighted by molar-refractivity contribution is 5.95. The Labute approximate surface area is 124 Å². The van der Waals surface area contributed by atoms with Crippen molar-refractivity contribution in [3.8, 4) is 0 Å². The van der Waals surface area contributed by atoms with Gasteiger partial charge < -0.3 is 10.4 Å². The Kier molecular flexibility index (Phi) is 7.10. The summed E-state index contributed by atoms with van der Waals surface area (Å²) >= 11 is 0. The van der Waals surface area contributed by atoms with Crippen molar-refractivity contribution in [2.45, 2.75) is 26.3 Å². The number of hydrogen-bond acceptors (Lipinski definition) is 5. The second-order valence-corrected chi connectivity index (χ2v) is 5.13. The van der Waals surface area contributed by atoms with Crippen molar-refractivity contribution in [1.82, 2.24) is 20.4 Å². The third kappa shape index (κ3) is 6.09. The van der Waals surface area contributed by atoms with E-state index < -0.39 is 18.0 Å². The first-order valence-corrected chi connectivity index (χ1v) is 7.21. The summed E-state index contributed by atoms with van der Waals surface area (Å²) in [6, 6.07) is -0.985. The monoisotopic (exact) mass is 300 g/mol. The molecule has 3 amide bonds. The van der Waals surface area contributed by atoms with E-state index in [1.54, 1.807) is 6.92 Å². The molecular formula is C13H24N4O4. The molecule has 3 N–H and O–H groups in total. The average Bonchev–Trinajstić information content (AvgIpc) is 2.44. The Hall–Kier alpha value is -1.67. The van der Waals surface area contributed by atoms with Crippen LogP contribution < -0.4 is 10.6 Å². The molecule has 1 fully saturated rings. The smallest absolute Gasteiger partial charge is 0.321 e. The third-order valence-electron chi connectivity index (χ3n) is 3.47. The number of hydrogen-bond donors (Lipinski definition) is 3. The predicted octanol–water partition coefficient (Wildman–Crippen LogP) is -0.687. The molecule has 0 aromatic carbocycles. The fourth-order valence-electron chi connectivity index (χ4n) is 2.12. The summed E-state index contributed by atoms with van der Waals surface area (Å²) in [4.78, 5) is 37.7. The average molecular weight is 300 g/mol. The molecule has 1 aliphatic heterocycles. The number of amides is 3. The minimum atomic E-state index is -0.839. The van der Waals surface area contributed by atoms with E-state index in [2.05, 4.69) is 10.6 Å². The number of carbonyl (C=O) groups is 3. The molecule has 1 atom stereocenters. The molecule has 1 saturated heterocycles. The molecule has 21 heavy (non-hydrogen) atoms. The van der Waals surface area contributed by atoms with Gasteiger partial charge in [0.15, 0.2) is 0 Å². The standard InChI is InChI=1S/C13H24N4O4/c1-3-4-14-13(21)15-11(18)9-16-5-7-17(8-6-16)10(2)12(19)20/h10H,3-9H2,1-2H3,(H,19,20)(H2,14,15,18,21). The number of rotatable bonds is 6. The van der Waals surface area contributed by atoms with Crippen LogP contribution in [0.2, 0.25) is 0 Å². The third-order valence-corrected chi connectivity index (χ3v) is 3.47. The summed E-state index contributed by atoms with van der Waals surface area (Å²) < 4.78 is 0. The summed E-state index contributed by atoms with van der Waals surface area (Å²) in [6.45, 7) is 6.69. The normalized spacial score (nSPS) is 18.0. The molecule has 120 valence electrons. The molecule has 0 aromatic rings. The van der Waals surface area contributed by atoms with E-state index in [-0.39, 0.29) is 12.5 Å². The SMILES string of the molecule is CCCNC(=O)NC(=O)CN1CCN(C(C)C(=O)O)CC1. The second-order valence-electron chi connectivity index (χ2n) is 5.13. The van der Waals surface area contributed by atoms with Gasteiger partial charge in [0.05, 0.1) is 6.54 Å². The highest BCUT2D eigenvalue weighted by Gasteiger charge is 2.26. The lowest BCUT2D eigenvalue weighted by Gasteiger charge is -2.36. The number of nitrogens with zero attached hydrogens (tertiary/aromatic N) is 2. The summed E-state index contributed by atoms with van der Waals surface area (Å²) in [6.07, 6.45) is 0.811. The number of imide groups is 1. The Morgan fingerprint density at radius 3 is 2.33 bits per heavy atom. The maximum Gasteiger partial charge on any atom is 0.321 e. The first-order valence-electron chi connectivity index (χ1n) is 7.21. The summed E-state index contributed by atoms with van der Waals surface area (Å²) in [7, 11) is 0. The van der Waals surface area contributed by atoms with E-state index in [0.29, 0.717) is 32.7 Å². The molecule has 0 radical (unpaired) electrons. The summed E-state index contributed by atoms with van der Waals surface area (Å²) in [5, 5.41) is 13.8. The predicted molar refractivity (Wildman–Crippen MR) is 76.9 cm³/mol. The molecular weight excluding hydrogens is 276 g/mol. The lowest BCUT2D eigenvalue weighted by molar-refractivity contribution is -0.143. The molecule has 0 saturated carbocycles. The van der Waals surface area contributed by atoms with Gasteiger partial charge in [-0.1, -0.05) is 6.92 Å². The van der Waals surface area contributed by atoms with Gasteiger partial charge in [-0.05, 0) is 13.3 Å². The maximum absolute atomic E-state index is 11.7. The zero-order chi connectivity index (χ0) is 15.8. The van der Waals surface area contributed by atoms with Crippen LogP contribution in [0.25, 0.3) is 0 Å². The van der Waals surface area contributed by atoms with Crippen LogP contribution in [0.4, 0.5) is 4.79 Å². The van der Waals surface area contributed by atoms with Crippen LogP contribution in [-0.2, 0) is 9.59 Å². The van der Waals surface area contributed by atoms with Gasteiger partial charge in [0.2, 0.25) is 5.91 Å². The molecule has 1 unspecified atom stereocenters. The van der Waals surface area contributed by atoms with Gasteiger partial charge in [-0.15, -0.1) is 0 Å². The fraction of sp³-hybridized carbons (Fsp3) is 0.769. The lowest BCUT2D eigenvalue weighted by atomic mass is 10.2. The van der Waals surface area contributed by atoms with Crippen molar-refractivity contribution in [1.29, 1.82) is 0 Å². The van der Waals surface area contributed by atoms with E-state index in [4.69, 9.17) is 5.11 Å². The summed E-state index contributed by atoms with van der Waals surface area (Å²) in [5.41, 5.74) is 0. The number of carbonyl (C=O) groups excluding carboxylic acids is 2. The molecule has 0 bridgehead atoms. The lowest BCUT2D eigenvalue weighted by Crippen LogP contribution is -2.54. The van der Waals surface area contributed by atoms with Crippen molar-refractivity contribution >= 4 is 17.9 Å². The van der Waals surface area contributed by atoms with Gasteiger partial charge in [0, 0.05) is 32.7 Å². The fourth-order valence-corrected chi connectivity index (χ4v) is 2.12. The quantitative estimate of drug-likeness (QED) is 0.600. The Morgan fingerprint density at radius 2 is 1.81 bits per heavy atom. The molecule has 1 aliphatic rings. The number of carboxylic acids is 1. The van der Waals surface area contributed by atoms with E-state index in [9.17, 15) is 14.4 Å². The molecule has 0 spiro atoms. The highest BCUT2D eigenvalue weighted by Crippen LogP contribution is 2.06. The molecule has 1 heterocycles. The summed E-state index contributed by atoms with van der Waals surface area (Å²) in [5.74, 6) is -1.18. The van der Waals surface area contributed by atoms with Crippen LogP contribution in [-0.4, -0.2) is 78.1 Å². The molecule has 1 rings (SSSR count). The first kappa shape index (κ1) is 17.4. The molecule has 0 aliphatic carbocycles.